The third kappa shape index (κ3) is 4.51. The molecule has 1 unspecified atom stereocenters. The molecule has 1 atom stereocenters. The topological polar surface area (TPSA) is 57.3 Å². The fourth-order valence-electron chi connectivity index (χ4n) is 2.71. The molecule has 1 saturated heterocycles. The molecule has 2 aromatic heterocycles. The third-order valence-electron chi connectivity index (χ3n) is 3.86. The summed E-state index contributed by atoms with van der Waals surface area (Å²) in [4.78, 5) is 19.7. The quantitative estimate of drug-likeness (QED) is 0.866. The number of carbonyl (C=O) groups is 1. The zero-order chi connectivity index (χ0) is 16.1. The van der Waals surface area contributed by atoms with E-state index < -0.39 is 0 Å². The van der Waals surface area contributed by atoms with Crippen LogP contribution in [0.3, 0.4) is 0 Å². The summed E-state index contributed by atoms with van der Waals surface area (Å²) in [5.74, 6) is 0.0327. The number of hydrogen-bond donors (Lipinski definition) is 2. The third-order valence-corrected chi connectivity index (χ3v) is 5.09. The molecule has 2 aromatic rings. The van der Waals surface area contributed by atoms with Crippen LogP contribution in [0.4, 0.5) is 0 Å². The summed E-state index contributed by atoms with van der Waals surface area (Å²) in [6, 6.07) is 7.96. The monoisotopic (exact) mass is 350 g/mol. The van der Waals surface area contributed by atoms with E-state index in [0.717, 1.165) is 34.4 Å². The summed E-state index contributed by atoms with van der Waals surface area (Å²) < 4.78 is 0.744. The van der Waals surface area contributed by atoms with E-state index in [4.69, 9.17) is 11.6 Å². The zero-order valence-corrected chi connectivity index (χ0v) is 14.2. The van der Waals surface area contributed by atoms with E-state index in [1.807, 2.05) is 24.4 Å². The Hall–Kier alpha value is -1.47. The van der Waals surface area contributed by atoms with Crippen molar-refractivity contribution in [2.24, 2.45) is 0 Å². The van der Waals surface area contributed by atoms with Crippen molar-refractivity contribution in [2.45, 2.75) is 12.6 Å². The van der Waals surface area contributed by atoms with Gasteiger partial charge in [-0.15, -0.1) is 11.3 Å². The largest absolute Gasteiger partial charge is 0.350 e. The van der Waals surface area contributed by atoms with Gasteiger partial charge in [-0.3, -0.25) is 14.7 Å². The van der Waals surface area contributed by atoms with Gasteiger partial charge in [-0.1, -0.05) is 17.7 Å². The summed E-state index contributed by atoms with van der Waals surface area (Å²) in [6.07, 6.45) is 3.64. The summed E-state index contributed by atoms with van der Waals surface area (Å²) >= 11 is 7.40. The second kappa shape index (κ2) is 7.88. The van der Waals surface area contributed by atoms with Gasteiger partial charge >= 0.3 is 0 Å². The van der Waals surface area contributed by atoms with Gasteiger partial charge in [0.25, 0.3) is 0 Å². The highest BCUT2D eigenvalue weighted by atomic mass is 35.5. The van der Waals surface area contributed by atoms with Crippen molar-refractivity contribution in [3.8, 4) is 0 Å². The highest BCUT2D eigenvalue weighted by Crippen LogP contribution is 2.22. The van der Waals surface area contributed by atoms with E-state index in [1.165, 1.54) is 11.3 Å². The fourth-order valence-corrected chi connectivity index (χ4v) is 3.74. The van der Waals surface area contributed by atoms with Crippen LogP contribution in [0.2, 0.25) is 4.34 Å². The van der Waals surface area contributed by atoms with Crippen molar-refractivity contribution >= 4 is 28.8 Å². The molecule has 1 aliphatic heterocycles. The number of hydrogen-bond acceptors (Lipinski definition) is 5. The summed E-state index contributed by atoms with van der Waals surface area (Å²) in [7, 11) is 0. The molecule has 0 aliphatic carbocycles. The normalized spacial score (nSPS) is 18.7. The maximum atomic E-state index is 12.3. The second-order valence-corrected chi connectivity index (χ2v) is 7.26. The Bertz CT molecular complexity index is 649. The maximum absolute atomic E-state index is 12.3. The first-order chi connectivity index (χ1) is 11.2. The number of piperazine rings is 1. The lowest BCUT2D eigenvalue weighted by Crippen LogP contribution is -2.49. The summed E-state index contributed by atoms with van der Waals surface area (Å²) in [5.41, 5.74) is 1.14. The van der Waals surface area contributed by atoms with Gasteiger partial charge in [0.05, 0.1) is 17.4 Å². The lowest BCUT2D eigenvalue weighted by molar-refractivity contribution is -0.123. The Balaban J connectivity index is 1.57. The first-order valence-corrected chi connectivity index (χ1v) is 8.77. The van der Waals surface area contributed by atoms with Gasteiger partial charge in [0.2, 0.25) is 5.91 Å². The Morgan fingerprint density at radius 1 is 1.48 bits per heavy atom. The van der Waals surface area contributed by atoms with Gasteiger partial charge in [0.1, 0.15) is 0 Å². The molecule has 1 fully saturated rings. The molecule has 2 N–H and O–H groups in total. The molecule has 0 saturated carbocycles. The standard InChI is InChI=1S/C16H19ClN4OS/c17-15-4-3-13(23-15)9-20-16(22)11-21-7-6-19-10-14(21)12-2-1-5-18-8-12/h1-5,8,14,19H,6-7,9-11H2,(H,20,22). The number of nitrogens with zero attached hydrogens (tertiary/aromatic N) is 2. The highest BCUT2D eigenvalue weighted by molar-refractivity contribution is 7.16. The van der Waals surface area contributed by atoms with E-state index >= 15 is 0 Å². The number of amides is 1. The Labute approximate surface area is 144 Å². The molecule has 0 radical (unpaired) electrons. The summed E-state index contributed by atoms with van der Waals surface area (Å²) in [6.45, 7) is 3.49. The Morgan fingerprint density at radius 2 is 2.39 bits per heavy atom. The van der Waals surface area contributed by atoms with Gasteiger partial charge < -0.3 is 10.6 Å². The summed E-state index contributed by atoms with van der Waals surface area (Å²) in [5, 5.41) is 6.35. The van der Waals surface area contributed by atoms with Crippen LogP contribution in [0.25, 0.3) is 0 Å². The van der Waals surface area contributed by atoms with Gasteiger partial charge in [-0.05, 0) is 23.8 Å². The van der Waals surface area contributed by atoms with Crippen molar-refractivity contribution in [1.82, 2.24) is 20.5 Å². The molecule has 5 nitrogen and oxygen atoms in total. The van der Waals surface area contributed by atoms with Gasteiger partial charge in [0.15, 0.2) is 0 Å². The predicted octanol–water partition coefficient (Wildman–Crippen LogP) is 2.06. The minimum absolute atomic E-state index is 0.0327. The average Bonchev–Trinajstić information content (AvgIpc) is 3.00. The van der Waals surface area contributed by atoms with E-state index in [1.54, 1.807) is 6.20 Å². The lowest BCUT2D eigenvalue weighted by atomic mass is 10.1. The van der Waals surface area contributed by atoms with Crippen LogP contribution in [0.5, 0.6) is 0 Å². The van der Waals surface area contributed by atoms with Gasteiger partial charge in [-0.2, -0.15) is 0 Å². The minimum Gasteiger partial charge on any atom is -0.350 e. The number of aromatic nitrogens is 1. The Kier molecular flexibility index (Phi) is 5.61. The van der Waals surface area contributed by atoms with E-state index in [2.05, 4.69) is 26.6 Å². The van der Waals surface area contributed by atoms with Crippen LogP contribution in [-0.2, 0) is 11.3 Å². The molecular formula is C16H19ClN4OS. The number of halogens is 1. The van der Waals surface area contributed by atoms with Crippen LogP contribution in [-0.4, -0.2) is 42.0 Å². The lowest BCUT2D eigenvalue weighted by Gasteiger charge is -2.35. The molecule has 3 heterocycles. The molecule has 1 aliphatic rings. The maximum Gasteiger partial charge on any atom is 0.234 e. The van der Waals surface area contributed by atoms with Gasteiger partial charge in [-0.25, -0.2) is 0 Å². The first kappa shape index (κ1) is 16.4. The van der Waals surface area contributed by atoms with E-state index in [0.29, 0.717) is 13.1 Å². The SMILES string of the molecule is O=C(CN1CCNCC1c1cccnc1)NCc1ccc(Cl)s1. The molecule has 1 amide bonds. The van der Waals surface area contributed by atoms with Crippen LogP contribution >= 0.6 is 22.9 Å². The van der Waals surface area contributed by atoms with Crippen molar-refractivity contribution in [3.05, 3.63) is 51.4 Å². The number of carbonyl (C=O) groups excluding carboxylic acids is 1. The van der Waals surface area contributed by atoms with Crippen molar-refractivity contribution in [2.75, 3.05) is 26.2 Å². The number of rotatable bonds is 5. The van der Waals surface area contributed by atoms with E-state index in [-0.39, 0.29) is 11.9 Å². The number of thiophene rings is 1. The first-order valence-electron chi connectivity index (χ1n) is 7.58. The van der Waals surface area contributed by atoms with Crippen LogP contribution in [0, 0.1) is 0 Å². The molecule has 0 bridgehead atoms. The van der Waals surface area contributed by atoms with E-state index in [9.17, 15) is 4.79 Å². The smallest absolute Gasteiger partial charge is 0.234 e. The van der Waals surface area contributed by atoms with Crippen LogP contribution < -0.4 is 10.6 Å². The molecule has 0 aromatic carbocycles. The molecule has 3 rings (SSSR count). The average molecular weight is 351 g/mol. The van der Waals surface area contributed by atoms with Crippen molar-refractivity contribution in [3.63, 3.8) is 0 Å². The number of nitrogens with one attached hydrogen (secondary N) is 2. The number of pyridine rings is 1. The van der Waals surface area contributed by atoms with Crippen molar-refractivity contribution < 1.29 is 4.79 Å². The molecule has 7 heteroatoms. The van der Waals surface area contributed by atoms with Gasteiger partial charge in [0, 0.05) is 42.9 Å². The van der Waals surface area contributed by atoms with Crippen LogP contribution in [0.1, 0.15) is 16.5 Å². The predicted molar refractivity (Wildman–Crippen MR) is 92.6 cm³/mol. The molecule has 122 valence electrons. The highest BCUT2D eigenvalue weighted by Gasteiger charge is 2.25. The molecule has 23 heavy (non-hydrogen) atoms. The minimum atomic E-state index is 0.0327. The Morgan fingerprint density at radius 3 is 3.13 bits per heavy atom. The molecule has 0 spiro atoms. The zero-order valence-electron chi connectivity index (χ0n) is 12.7. The molecular weight excluding hydrogens is 332 g/mol. The van der Waals surface area contributed by atoms with Crippen molar-refractivity contribution in [1.29, 1.82) is 0 Å². The fraction of sp³-hybridized carbons (Fsp3) is 0.375. The van der Waals surface area contributed by atoms with Crippen LogP contribution in [0.15, 0.2) is 36.7 Å². The second-order valence-electron chi connectivity index (χ2n) is 5.46.